The van der Waals surface area contributed by atoms with E-state index >= 15 is 0 Å². The van der Waals surface area contributed by atoms with E-state index in [-0.39, 0.29) is 16.8 Å². The van der Waals surface area contributed by atoms with Crippen molar-refractivity contribution in [2.75, 3.05) is 5.32 Å². The van der Waals surface area contributed by atoms with Gasteiger partial charge in [-0.2, -0.15) is 0 Å². The molecule has 0 saturated carbocycles. The number of fused-ring (bicyclic) bond motifs is 1. The molecule has 1 aliphatic rings. The van der Waals surface area contributed by atoms with E-state index in [1.54, 1.807) is 12.1 Å². The van der Waals surface area contributed by atoms with E-state index in [9.17, 15) is 14.3 Å². The summed E-state index contributed by atoms with van der Waals surface area (Å²) in [5, 5.41) is 13.5. The second kappa shape index (κ2) is 5.40. The molecule has 108 valence electrons. The zero-order valence-corrected chi connectivity index (χ0v) is 13.0. The zero-order chi connectivity index (χ0) is 15.1. The van der Waals surface area contributed by atoms with Gasteiger partial charge < -0.3 is 10.4 Å². The molecule has 0 saturated heterocycles. The van der Waals surface area contributed by atoms with E-state index < -0.39 is 11.9 Å². The van der Waals surface area contributed by atoms with Gasteiger partial charge in [0.05, 0.1) is 10.9 Å². The molecule has 3 nitrogen and oxygen atoms in total. The number of halogens is 3. The highest BCUT2D eigenvalue weighted by Gasteiger charge is 2.23. The molecule has 1 aliphatic heterocycles. The van der Waals surface area contributed by atoms with Crippen molar-refractivity contribution in [3.05, 3.63) is 62.3 Å². The van der Waals surface area contributed by atoms with Crippen LogP contribution in [0.2, 0.25) is 5.02 Å². The Morgan fingerprint density at radius 3 is 2.81 bits per heavy atom. The van der Waals surface area contributed by atoms with Crippen molar-refractivity contribution < 1.29 is 14.3 Å². The Morgan fingerprint density at radius 1 is 1.33 bits per heavy atom. The molecule has 1 atom stereocenters. The Morgan fingerprint density at radius 2 is 2.10 bits per heavy atom. The molecule has 1 heterocycles. The molecule has 0 bridgehead atoms. The van der Waals surface area contributed by atoms with Crippen LogP contribution in [0.25, 0.3) is 0 Å². The number of aliphatic hydroxyl groups excluding tert-OH is 1. The highest BCUT2D eigenvalue weighted by atomic mass is 79.9. The van der Waals surface area contributed by atoms with E-state index in [2.05, 4.69) is 21.2 Å². The van der Waals surface area contributed by atoms with E-state index in [0.717, 1.165) is 5.56 Å². The van der Waals surface area contributed by atoms with E-state index in [1.165, 1.54) is 18.2 Å². The van der Waals surface area contributed by atoms with Crippen molar-refractivity contribution in [3.8, 4) is 0 Å². The zero-order valence-electron chi connectivity index (χ0n) is 10.7. The van der Waals surface area contributed by atoms with Gasteiger partial charge in [0, 0.05) is 16.3 Å². The van der Waals surface area contributed by atoms with Crippen molar-refractivity contribution in [2.45, 2.75) is 12.5 Å². The number of rotatable bonds is 2. The van der Waals surface area contributed by atoms with Gasteiger partial charge in [-0.15, -0.1) is 0 Å². The molecule has 2 aromatic rings. The number of carbonyl (C=O) groups excluding carboxylic acids is 1. The summed E-state index contributed by atoms with van der Waals surface area (Å²) in [6, 6.07) is 7.61. The van der Waals surface area contributed by atoms with Crippen molar-refractivity contribution in [1.29, 1.82) is 0 Å². The molecular weight excluding hydrogens is 361 g/mol. The van der Waals surface area contributed by atoms with Gasteiger partial charge in [-0.1, -0.05) is 17.7 Å². The molecule has 2 N–H and O–H groups in total. The summed E-state index contributed by atoms with van der Waals surface area (Å²) < 4.78 is 13.5. The number of anilines is 1. The van der Waals surface area contributed by atoms with E-state index in [1.807, 2.05) is 0 Å². The smallest absolute Gasteiger partial charge is 0.228 e. The maximum Gasteiger partial charge on any atom is 0.228 e. The SMILES string of the molecule is O=C1Cc2cc(C(O)c3ccc(F)c(Br)c3)c(Cl)cc2N1. The lowest BCUT2D eigenvalue weighted by molar-refractivity contribution is -0.115. The van der Waals surface area contributed by atoms with E-state index in [0.29, 0.717) is 21.8 Å². The lowest BCUT2D eigenvalue weighted by Crippen LogP contribution is -2.03. The van der Waals surface area contributed by atoms with Gasteiger partial charge in [0.25, 0.3) is 0 Å². The van der Waals surface area contributed by atoms with Crippen molar-refractivity contribution in [1.82, 2.24) is 0 Å². The monoisotopic (exact) mass is 369 g/mol. The van der Waals surface area contributed by atoms with Crippen LogP contribution in [0.1, 0.15) is 22.8 Å². The third kappa shape index (κ3) is 2.69. The number of carbonyl (C=O) groups is 1. The van der Waals surface area contributed by atoms with Crippen LogP contribution in [0.4, 0.5) is 10.1 Å². The predicted molar refractivity (Wildman–Crippen MR) is 81.9 cm³/mol. The fraction of sp³-hybridized carbons (Fsp3) is 0.133. The third-order valence-electron chi connectivity index (χ3n) is 3.40. The minimum Gasteiger partial charge on any atom is -0.384 e. The Labute approximate surface area is 133 Å². The summed E-state index contributed by atoms with van der Waals surface area (Å²) in [7, 11) is 0. The molecule has 0 aliphatic carbocycles. The number of amides is 1. The highest BCUT2D eigenvalue weighted by molar-refractivity contribution is 9.10. The number of aliphatic hydroxyl groups is 1. The molecule has 2 aromatic carbocycles. The number of hydrogen-bond acceptors (Lipinski definition) is 2. The minimum atomic E-state index is -0.990. The molecule has 6 heteroatoms. The summed E-state index contributed by atoms with van der Waals surface area (Å²) in [6.07, 6.45) is -0.727. The maximum atomic E-state index is 13.3. The van der Waals surface area contributed by atoms with Gasteiger partial charge in [0.1, 0.15) is 11.9 Å². The van der Waals surface area contributed by atoms with Gasteiger partial charge in [-0.3, -0.25) is 4.79 Å². The summed E-state index contributed by atoms with van der Waals surface area (Å²) in [6.45, 7) is 0. The first-order valence-corrected chi connectivity index (χ1v) is 7.38. The molecule has 3 rings (SSSR count). The number of nitrogens with one attached hydrogen (secondary N) is 1. The second-order valence-corrected chi connectivity index (χ2v) is 6.09. The van der Waals surface area contributed by atoms with Crippen LogP contribution >= 0.6 is 27.5 Å². The number of benzene rings is 2. The van der Waals surface area contributed by atoms with Crippen LogP contribution < -0.4 is 5.32 Å². The van der Waals surface area contributed by atoms with Crippen LogP contribution in [0.3, 0.4) is 0 Å². The van der Waals surface area contributed by atoms with Crippen molar-refractivity contribution in [2.24, 2.45) is 0 Å². The standard InChI is InChI=1S/C15H10BrClFNO2/c16-10-4-7(1-2-12(10)18)15(21)9-3-8-5-14(20)19-13(8)6-11(9)17/h1-4,6,15,21H,5H2,(H,19,20). The Bertz CT molecular complexity index is 751. The van der Waals surface area contributed by atoms with Crippen LogP contribution in [0, 0.1) is 5.82 Å². The lowest BCUT2D eigenvalue weighted by atomic mass is 9.98. The fourth-order valence-corrected chi connectivity index (χ4v) is 3.00. The van der Waals surface area contributed by atoms with Gasteiger partial charge in [-0.25, -0.2) is 4.39 Å². The summed E-state index contributed by atoms with van der Waals surface area (Å²) in [5.41, 5.74) is 2.47. The van der Waals surface area contributed by atoms with Gasteiger partial charge in [-0.05, 0) is 51.3 Å². The first kappa shape index (κ1) is 14.5. The quantitative estimate of drug-likeness (QED) is 0.844. The normalized spacial score (nSPS) is 14.8. The molecular formula is C15H10BrClFNO2. The molecule has 0 spiro atoms. The van der Waals surface area contributed by atoms with Crippen LogP contribution in [-0.4, -0.2) is 11.0 Å². The second-order valence-electron chi connectivity index (χ2n) is 4.83. The summed E-state index contributed by atoms with van der Waals surface area (Å²) >= 11 is 9.26. The van der Waals surface area contributed by atoms with Crippen LogP contribution in [-0.2, 0) is 11.2 Å². The topological polar surface area (TPSA) is 49.3 Å². The predicted octanol–water partition coefficient (Wildman–Crippen LogP) is 3.82. The van der Waals surface area contributed by atoms with Crippen LogP contribution in [0.15, 0.2) is 34.8 Å². The maximum absolute atomic E-state index is 13.3. The van der Waals surface area contributed by atoms with Crippen molar-refractivity contribution in [3.63, 3.8) is 0 Å². The van der Waals surface area contributed by atoms with Crippen molar-refractivity contribution >= 4 is 39.1 Å². The molecule has 21 heavy (non-hydrogen) atoms. The molecule has 0 radical (unpaired) electrons. The largest absolute Gasteiger partial charge is 0.384 e. The van der Waals surface area contributed by atoms with E-state index in [4.69, 9.17) is 11.6 Å². The van der Waals surface area contributed by atoms with Gasteiger partial charge >= 0.3 is 0 Å². The Hall–Kier alpha value is -1.43. The van der Waals surface area contributed by atoms with Gasteiger partial charge in [0.2, 0.25) is 5.91 Å². The molecule has 1 unspecified atom stereocenters. The molecule has 0 fully saturated rings. The third-order valence-corrected chi connectivity index (χ3v) is 4.34. The first-order chi connectivity index (χ1) is 9.95. The minimum absolute atomic E-state index is 0.0998. The highest BCUT2D eigenvalue weighted by Crippen LogP contribution is 2.35. The van der Waals surface area contributed by atoms with Crippen LogP contribution in [0.5, 0.6) is 0 Å². The Kier molecular flexibility index (Phi) is 3.73. The van der Waals surface area contributed by atoms with Gasteiger partial charge in [0.15, 0.2) is 0 Å². The average molecular weight is 371 g/mol. The first-order valence-electron chi connectivity index (χ1n) is 6.21. The lowest BCUT2D eigenvalue weighted by Gasteiger charge is -2.15. The molecule has 1 amide bonds. The summed E-state index contributed by atoms with van der Waals surface area (Å²) in [5.74, 6) is -0.502. The summed E-state index contributed by atoms with van der Waals surface area (Å²) in [4.78, 5) is 11.4. The number of hydrogen-bond donors (Lipinski definition) is 2. The Balaban J connectivity index is 2.02. The average Bonchev–Trinajstić information content (AvgIpc) is 2.79. The fourth-order valence-electron chi connectivity index (χ4n) is 2.34. The molecule has 0 aromatic heterocycles.